The zero-order chi connectivity index (χ0) is 20.5. The molecule has 0 unspecified atom stereocenters. The van der Waals surface area contributed by atoms with E-state index < -0.39 is 0 Å². The molecule has 2 saturated heterocycles. The third-order valence-corrected chi connectivity index (χ3v) is 7.30. The molecule has 0 N–H and O–H groups in total. The molecule has 6 heteroatoms. The van der Waals surface area contributed by atoms with Crippen LogP contribution < -0.4 is 4.90 Å². The van der Waals surface area contributed by atoms with E-state index >= 15 is 0 Å². The van der Waals surface area contributed by atoms with E-state index in [0.717, 1.165) is 42.1 Å². The Morgan fingerprint density at radius 1 is 1.00 bits per heavy atom. The Hall–Kier alpha value is -2.02. The highest BCUT2D eigenvalue weighted by Crippen LogP contribution is 2.39. The van der Waals surface area contributed by atoms with E-state index in [1.165, 1.54) is 55.3 Å². The monoisotopic (exact) mass is 421 g/mol. The van der Waals surface area contributed by atoms with Gasteiger partial charge in [-0.05, 0) is 58.4 Å². The molecule has 158 valence electrons. The Morgan fingerprint density at radius 2 is 1.73 bits per heavy atom. The zero-order valence-electron chi connectivity index (χ0n) is 18.0. The van der Waals surface area contributed by atoms with Gasteiger partial charge in [-0.1, -0.05) is 30.3 Å². The van der Waals surface area contributed by atoms with Crippen molar-refractivity contribution in [1.82, 2.24) is 19.8 Å². The molecule has 2 fully saturated rings. The van der Waals surface area contributed by atoms with Crippen molar-refractivity contribution in [2.45, 2.75) is 38.3 Å². The topological polar surface area (TPSA) is 35.5 Å². The highest BCUT2D eigenvalue weighted by molar-refractivity contribution is 7.17. The molecule has 4 heterocycles. The van der Waals surface area contributed by atoms with Crippen LogP contribution in [0.5, 0.6) is 0 Å². The number of fused-ring (bicyclic) bond motifs is 1. The van der Waals surface area contributed by atoms with Crippen molar-refractivity contribution in [2.24, 2.45) is 0 Å². The van der Waals surface area contributed by atoms with Crippen molar-refractivity contribution in [3.8, 4) is 11.1 Å². The third-order valence-electron chi connectivity index (χ3n) is 6.42. The minimum absolute atomic E-state index is 0.749. The fourth-order valence-corrected chi connectivity index (χ4v) is 5.89. The second kappa shape index (κ2) is 8.61. The fourth-order valence-electron chi connectivity index (χ4n) is 4.93. The molecule has 5 nitrogen and oxygen atoms in total. The molecule has 0 atom stereocenters. The van der Waals surface area contributed by atoms with Crippen LogP contribution in [0.25, 0.3) is 21.3 Å². The van der Waals surface area contributed by atoms with E-state index in [4.69, 9.17) is 9.97 Å². The number of piperidine rings is 1. The van der Waals surface area contributed by atoms with E-state index in [0.29, 0.717) is 0 Å². The summed E-state index contributed by atoms with van der Waals surface area (Å²) in [5.74, 6) is 2.06. The van der Waals surface area contributed by atoms with Crippen LogP contribution in [0.2, 0.25) is 0 Å². The lowest BCUT2D eigenvalue weighted by Gasteiger charge is -2.37. The molecule has 0 bridgehead atoms. The summed E-state index contributed by atoms with van der Waals surface area (Å²) in [5.41, 5.74) is 2.52. The van der Waals surface area contributed by atoms with Crippen LogP contribution in [0.15, 0.2) is 35.7 Å². The van der Waals surface area contributed by atoms with Gasteiger partial charge in [0.1, 0.15) is 16.5 Å². The average molecular weight is 422 g/mol. The lowest BCUT2D eigenvalue weighted by molar-refractivity contribution is 0.207. The first-order chi connectivity index (χ1) is 14.7. The number of rotatable bonds is 5. The number of thiophene rings is 1. The van der Waals surface area contributed by atoms with E-state index in [-0.39, 0.29) is 0 Å². The summed E-state index contributed by atoms with van der Waals surface area (Å²) >= 11 is 1.74. The van der Waals surface area contributed by atoms with Gasteiger partial charge in [-0.3, -0.25) is 0 Å². The normalized spacial score (nSPS) is 18.7. The van der Waals surface area contributed by atoms with Crippen LogP contribution in [-0.2, 0) is 6.54 Å². The number of hydrogen-bond acceptors (Lipinski definition) is 6. The Kier molecular flexibility index (Phi) is 5.72. The van der Waals surface area contributed by atoms with Gasteiger partial charge >= 0.3 is 0 Å². The highest BCUT2D eigenvalue weighted by Gasteiger charge is 2.28. The Bertz CT molecular complexity index is 986. The van der Waals surface area contributed by atoms with Crippen LogP contribution in [0.3, 0.4) is 0 Å². The van der Waals surface area contributed by atoms with Crippen molar-refractivity contribution in [2.75, 3.05) is 45.2 Å². The molecule has 2 aromatic heterocycles. The highest BCUT2D eigenvalue weighted by atomic mass is 32.1. The Morgan fingerprint density at radius 3 is 2.43 bits per heavy atom. The minimum atomic E-state index is 0.749. The Labute approximate surface area is 183 Å². The molecule has 2 aliphatic rings. The molecular formula is C24H31N5S. The fraction of sp³-hybridized carbons (Fsp3) is 0.500. The van der Waals surface area contributed by atoms with Gasteiger partial charge in [0.15, 0.2) is 0 Å². The van der Waals surface area contributed by atoms with Gasteiger partial charge in [0.2, 0.25) is 0 Å². The van der Waals surface area contributed by atoms with Crippen LogP contribution in [0.1, 0.15) is 31.5 Å². The van der Waals surface area contributed by atoms with Crippen LogP contribution in [0.4, 0.5) is 5.82 Å². The van der Waals surface area contributed by atoms with Gasteiger partial charge in [-0.15, -0.1) is 11.3 Å². The van der Waals surface area contributed by atoms with Gasteiger partial charge in [0.05, 0.1) is 11.9 Å². The van der Waals surface area contributed by atoms with Gasteiger partial charge in [-0.2, -0.15) is 0 Å². The van der Waals surface area contributed by atoms with Crippen molar-refractivity contribution in [1.29, 1.82) is 0 Å². The molecule has 2 aliphatic heterocycles. The molecule has 1 aromatic carbocycles. The van der Waals surface area contributed by atoms with E-state index in [9.17, 15) is 0 Å². The van der Waals surface area contributed by atoms with E-state index in [1.807, 2.05) is 0 Å². The number of hydrogen-bond donors (Lipinski definition) is 0. The average Bonchev–Trinajstić information content (AvgIpc) is 3.44. The predicted octanol–water partition coefficient (Wildman–Crippen LogP) is 4.48. The lowest BCUT2D eigenvalue weighted by Crippen LogP contribution is -2.44. The standard InChI is InChI=1S/C24H31N5S/c1-27(2)16-21-25-23(29-14-10-19(11-15-29)28-12-6-7-13-28)22-20(17-30-24(22)26-21)18-8-4-3-5-9-18/h3-5,8-9,17,19H,6-7,10-16H2,1-2H3. The second-order valence-corrected chi connectivity index (χ2v) is 9.72. The largest absolute Gasteiger partial charge is 0.356 e. The molecule has 0 radical (unpaired) electrons. The summed E-state index contributed by atoms with van der Waals surface area (Å²) in [4.78, 5) is 18.5. The maximum absolute atomic E-state index is 5.11. The van der Waals surface area contributed by atoms with E-state index in [2.05, 4.69) is 64.5 Å². The minimum Gasteiger partial charge on any atom is -0.356 e. The number of aromatic nitrogens is 2. The molecule has 0 amide bonds. The summed E-state index contributed by atoms with van der Waals surface area (Å²) in [6.45, 7) is 5.51. The smallest absolute Gasteiger partial charge is 0.146 e. The quantitative estimate of drug-likeness (QED) is 0.607. The first-order valence-electron chi connectivity index (χ1n) is 11.2. The molecule has 0 saturated carbocycles. The van der Waals surface area contributed by atoms with Crippen LogP contribution >= 0.6 is 11.3 Å². The molecule has 0 aliphatic carbocycles. The first kappa shape index (κ1) is 19.9. The van der Waals surface area contributed by atoms with Gasteiger partial charge < -0.3 is 14.7 Å². The second-order valence-electron chi connectivity index (χ2n) is 8.86. The van der Waals surface area contributed by atoms with Crippen molar-refractivity contribution >= 4 is 27.4 Å². The third kappa shape index (κ3) is 3.96. The van der Waals surface area contributed by atoms with Gasteiger partial charge in [0, 0.05) is 30.1 Å². The van der Waals surface area contributed by atoms with Gasteiger partial charge in [-0.25, -0.2) is 9.97 Å². The zero-order valence-corrected chi connectivity index (χ0v) is 18.9. The summed E-state index contributed by atoms with van der Waals surface area (Å²) < 4.78 is 0. The van der Waals surface area contributed by atoms with Crippen molar-refractivity contribution in [3.63, 3.8) is 0 Å². The predicted molar refractivity (Wildman–Crippen MR) is 126 cm³/mol. The number of nitrogens with zero attached hydrogens (tertiary/aromatic N) is 5. The molecule has 0 spiro atoms. The first-order valence-corrected chi connectivity index (χ1v) is 12.0. The number of benzene rings is 1. The maximum Gasteiger partial charge on any atom is 0.146 e. The van der Waals surface area contributed by atoms with Crippen molar-refractivity contribution in [3.05, 3.63) is 41.5 Å². The lowest BCUT2D eigenvalue weighted by atomic mass is 10.0. The van der Waals surface area contributed by atoms with Crippen LogP contribution in [0, 0.1) is 0 Å². The summed E-state index contributed by atoms with van der Waals surface area (Å²) in [7, 11) is 4.16. The van der Waals surface area contributed by atoms with Gasteiger partial charge in [0.25, 0.3) is 0 Å². The van der Waals surface area contributed by atoms with Crippen LogP contribution in [-0.4, -0.2) is 66.1 Å². The van der Waals surface area contributed by atoms with E-state index in [1.54, 1.807) is 11.3 Å². The molecular weight excluding hydrogens is 390 g/mol. The Balaban J connectivity index is 1.51. The molecule has 30 heavy (non-hydrogen) atoms. The molecule has 3 aromatic rings. The van der Waals surface area contributed by atoms with Crippen molar-refractivity contribution < 1.29 is 0 Å². The molecule has 5 rings (SSSR count). The summed E-state index contributed by atoms with van der Waals surface area (Å²) in [6.07, 6.45) is 5.21. The summed E-state index contributed by atoms with van der Waals surface area (Å²) in [6, 6.07) is 11.4. The SMILES string of the molecule is CN(C)Cc1nc(N2CCC(N3CCCC3)CC2)c2c(-c3ccccc3)csc2n1. The number of likely N-dealkylation sites (tertiary alicyclic amines) is 1. The summed E-state index contributed by atoms with van der Waals surface area (Å²) in [5, 5.41) is 3.49. The maximum atomic E-state index is 5.11. The number of anilines is 1.